The maximum atomic E-state index is 12.6. The molecule has 0 radical (unpaired) electrons. The molecule has 0 aliphatic carbocycles. The number of carbonyl (C=O) groups is 2. The van der Waals surface area contributed by atoms with Crippen LogP contribution in [0.5, 0.6) is 0 Å². The molecular weight excluding hydrogens is 474 g/mol. The molecule has 1 aromatic heterocycles. The predicted molar refractivity (Wildman–Crippen MR) is 145 cm³/mol. The highest BCUT2D eigenvalue weighted by Gasteiger charge is 2.13. The minimum Gasteiger partial charge on any atom is -0.372 e. The van der Waals surface area contributed by atoms with Crippen molar-refractivity contribution in [2.45, 2.75) is 19.4 Å². The van der Waals surface area contributed by atoms with Gasteiger partial charge in [0.1, 0.15) is 6.54 Å². The molecule has 0 atom stereocenters. The number of para-hydroxylation sites is 1. The SMILES string of the molecule is O=C(Cn1cc(/C=N\NC(=O)c2ccc(N3CCCC3)cc2)c2ccccc21)Nc1ccc(Cl)cc1. The van der Waals surface area contributed by atoms with Crippen molar-refractivity contribution in [1.82, 2.24) is 9.99 Å². The lowest BCUT2D eigenvalue weighted by atomic mass is 10.2. The summed E-state index contributed by atoms with van der Waals surface area (Å²) in [6.45, 7) is 2.26. The van der Waals surface area contributed by atoms with Crippen LogP contribution >= 0.6 is 11.6 Å². The van der Waals surface area contributed by atoms with E-state index in [1.807, 2.05) is 59.3 Å². The van der Waals surface area contributed by atoms with Crippen LogP contribution in [0, 0.1) is 0 Å². The number of rotatable bonds is 7. The van der Waals surface area contributed by atoms with Crippen molar-refractivity contribution in [3.63, 3.8) is 0 Å². The van der Waals surface area contributed by atoms with Gasteiger partial charge in [-0.25, -0.2) is 5.43 Å². The number of amides is 2. The summed E-state index contributed by atoms with van der Waals surface area (Å²) in [5.74, 6) is -0.433. The molecule has 5 rings (SSSR count). The first-order valence-corrected chi connectivity index (χ1v) is 12.3. The van der Waals surface area contributed by atoms with E-state index in [1.165, 1.54) is 12.8 Å². The molecule has 2 heterocycles. The van der Waals surface area contributed by atoms with E-state index in [2.05, 4.69) is 20.7 Å². The molecule has 0 bridgehead atoms. The number of fused-ring (bicyclic) bond motifs is 1. The van der Waals surface area contributed by atoms with Gasteiger partial charge in [0, 0.05) is 57.7 Å². The number of hydrogen-bond donors (Lipinski definition) is 2. The Balaban J connectivity index is 1.25. The van der Waals surface area contributed by atoms with Gasteiger partial charge in [0.15, 0.2) is 0 Å². The number of benzene rings is 3. The molecule has 0 spiro atoms. The highest BCUT2D eigenvalue weighted by Crippen LogP contribution is 2.22. The Bertz CT molecular complexity index is 1400. The van der Waals surface area contributed by atoms with Gasteiger partial charge < -0.3 is 14.8 Å². The number of nitrogens with zero attached hydrogens (tertiary/aromatic N) is 3. The third-order valence-corrected chi connectivity index (χ3v) is 6.48. The molecule has 1 saturated heterocycles. The number of aromatic nitrogens is 1. The van der Waals surface area contributed by atoms with Crippen LogP contribution in [0.3, 0.4) is 0 Å². The Morgan fingerprint density at radius 1 is 0.944 bits per heavy atom. The first kappa shape index (κ1) is 23.6. The van der Waals surface area contributed by atoms with E-state index in [-0.39, 0.29) is 18.4 Å². The zero-order chi connectivity index (χ0) is 24.9. The zero-order valence-electron chi connectivity index (χ0n) is 19.7. The second-order valence-electron chi connectivity index (χ2n) is 8.72. The molecule has 0 unspecified atom stereocenters. The standard InChI is InChI=1S/C28H26ClN5O2/c29-22-9-11-23(12-10-22)31-27(35)19-34-18-21(25-5-1-2-6-26(25)34)17-30-32-28(36)20-7-13-24(14-8-20)33-15-3-4-16-33/h1-2,5-14,17-18H,3-4,15-16,19H2,(H,31,35)(H,32,36)/b30-17-. The average Bonchev–Trinajstić information content (AvgIpc) is 3.55. The molecule has 36 heavy (non-hydrogen) atoms. The van der Waals surface area contributed by atoms with E-state index in [1.54, 1.807) is 30.5 Å². The van der Waals surface area contributed by atoms with Crippen molar-refractivity contribution in [3.05, 3.63) is 95.1 Å². The smallest absolute Gasteiger partial charge is 0.271 e. The third kappa shape index (κ3) is 5.42. The van der Waals surface area contributed by atoms with Crippen LogP contribution in [0.25, 0.3) is 10.9 Å². The Morgan fingerprint density at radius 2 is 1.67 bits per heavy atom. The van der Waals surface area contributed by atoms with Crippen LogP contribution in [0.4, 0.5) is 11.4 Å². The first-order chi connectivity index (χ1) is 17.6. The summed E-state index contributed by atoms with van der Waals surface area (Å²) in [7, 11) is 0. The Hall–Kier alpha value is -4.10. The Kier molecular flexibility index (Phi) is 7.00. The monoisotopic (exact) mass is 499 g/mol. The highest BCUT2D eigenvalue weighted by atomic mass is 35.5. The number of hydrazone groups is 1. The summed E-state index contributed by atoms with van der Waals surface area (Å²) < 4.78 is 1.86. The minimum atomic E-state index is -0.273. The van der Waals surface area contributed by atoms with Gasteiger partial charge >= 0.3 is 0 Å². The fraction of sp³-hybridized carbons (Fsp3) is 0.179. The van der Waals surface area contributed by atoms with E-state index in [0.29, 0.717) is 16.3 Å². The fourth-order valence-electron chi connectivity index (χ4n) is 4.42. The second-order valence-corrected chi connectivity index (χ2v) is 9.16. The maximum Gasteiger partial charge on any atom is 0.271 e. The van der Waals surface area contributed by atoms with Crippen molar-refractivity contribution >= 4 is 51.9 Å². The van der Waals surface area contributed by atoms with Crippen LogP contribution < -0.4 is 15.6 Å². The molecule has 0 saturated carbocycles. The number of carbonyl (C=O) groups excluding carboxylic acids is 2. The molecule has 7 nitrogen and oxygen atoms in total. The van der Waals surface area contributed by atoms with E-state index in [4.69, 9.17) is 11.6 Å². The van der Waals surface area contributed by atoms with Crippen molar-refractivity contribution in [2.75, 3.05) is 23.3 Å². The molecule has 3 aromatic carbocycles. The van der Waals surface area contributed by atoms with E-state index in [9.17, 15) is 9.59 Å². The minimum absolute atomic E-state index is 0.132. The molecule has 1 fully saturated rings. The third-order valence-electron chi connectivity index (χ3n) is 6.23. The summed E-state index contributed by atoms with van der Waals surface area (Å²) in [5, 5.41) is 8.60. The number of nitrogens with one attached hydrogen (secondary N) is 2. The average molecular weight is 500 g/mol. The van der Waals surface area contributed by atoms with Gasteiger partial charge in [-0.3, -0.25) is 9.59 Å². The molecular formula is C28H26ClN5O2. The van der Waals surface area contributed by atoms with Crippen molar-refractivity contribution in [1.29, 1.82) is 0 Å². The molecule has 1 aliphatic heterocycles. The topological polar surface area (TPSA) is 78.7 Å². The molecule has 2 amide bonds. The molecule has 1 aliphatic rings. The molecule has 8 heteroatoms. The maximum absolute atomic E-state index is 12.6. The van der Waals surface area contributed by atoms with Crippen molar-refractivity contribution in [3.8, 4) is 0 Å². The second kappa shape index (κ2) is 10.7. The van der Waals surface area contributed by atoms with Gasteiger partial charge in [0.25, 0.3) is 5.91 Å². The number of halogens is 1. The molecule has 182 valence electrons. The number of hydrogen-bond acceptors (Lipinski definition) is 4. The fourth-order valence-corrected chi connectivity index (χ4v) is 4.55. The van der Waals surface area contributed by atoms with E-state index in [0.717, 1.165) is 35.2 Å². The quantitative estimate of drug-likeness (QED) is 0.267. The van der Waals surface area contributed by atoms with Gasteiger partial charge in [-0.2, -0.15) is 5.10 Å². The summed E-state index contributed by atoms with van der Waals surface area (Å²) in [6, 6.07) is 22.3. The lowest BCUT2D eigenvalue weighted by Gasteiger charge is -2.17. The normalized spacial score (nSPS) is 13.4. The highest BCUT2D eigenvalue weighted by molar-refractivity contribution is 6.30. The van der Waals surface area contributed by atoms with E-state index >= 15 is 0 Å². The lowest BCUT2D eigenvalue weighted by molar-refractivity contribution is -0.116. The summed E-state index contributed by atoms with van der Waals surface area (Å²) in [6.07, 6.45) is 5.87. The summed E-state index contributed by atoms with van der Waals surface area (Å²) >= 11 is 5.92. The lowest BCUT2D eigenvalue weighted by Crippen LogP contribution is -2.19. The van der Waals surface area contributed by atoms with Crippen LogP contribution in [0.2, 0.25) is 5.02 Å². The number of anilines is 2. The van der Waals surface area contributed by atoms with Gasteiger partial charge in [0.05, 0.1) is 6.21 Å². The molecule has 2 N–H and O–H groups in total. The van der Waals surface area contributed by atoms with Crippen LogP contribution in [0.1, 0.15) is 28.8 Å². The largest absolute Gasteiger partial charge is 0.372 e. The summed E-state index contributed by atoms with van der Waals surface area (Å²) in [5.41, 5.74) is 6.67. The van der Waals surface area contributed by atoms with Crippen LogP contribution in [-0.4, -0.2) is 35.7 Å². The molecule has 4 aromatic rings. The predicted octanol–water partition coefficient (Wildman–Crippen LogP) is 5.30. The van der Waals surface area contributed by atoms with E-state index < -0.39 is 0 Å². The van der Waals surface area contributed by atoms with Crippen LogP contribution in [-0.2, 0) is 11.3 Å². The van der Waals surface area contributed by atoms with Gasteiger partial charge in [-0.1, -0.05) is 29.8 Å². The van der Waals surface area contributed by atoms with Crippen LogP contribution in [0.15, 0.2) is 84.1 Å². The van der Waals surface area contributed by atoms with Crippen molar-refractivity contribution < 1.29 is 9.59 Å². The summed E-state index contributed by atoms with van der Waals surface area (Å²) in [4.78, 5) is 27.5. The van der Waals surface area contributed by atoms with Gasteiger partial charge in [0.2, 0.25) is 5.91 Å². The van der Waals surface area contributed by atoms with Gasteiger partial charge in [-0.05, 0) is 67.4 Å². The Morgan fingerprint density at radius 3 is 2.42 bits per heavy atom. The van der Waals surface area contributed by atoms with Gasteiger partial charge in [-0.15, -0.1) is 0 Å². The first-order valence-electron chi connectivity index (χ1n) is 11.9. The van der Waals surface area contributed by atoms with Crippen molar-refractivity contribution in [2.24, 2.45) is 5.10 Å². The zero-order valence-corrected chi connectivity index (χ0v) is 20.4. The Labute approximate surface area is 214 Å².